The molecule has 1 saturated heterocycles. The molecule has 6 nitrogen and oxygen atoms in total. The van der Waals surface area contributed by atoms with Gasteiger partial charge in [-0.15, -0.1) is 12.4 Å². The van der Waals surface area contributed by atoms with Gasteiger partial charge in [0.25, 0.3) is 0 Å². The second-order valence-electron chi connectivity index (χ2n) is 8.89. The van der Waals surface area contributed by atoms with Gasteiger partial charge in [-0.1, -0.05) is 30.3 Å². The number of ketones is 1. The number of piperazine rings is 1. The van der Waals surface area contributed by atoms with Crippen molar-refractivity contribution in [3.05, 3.63) is 89.7 Å². The van der Waals surface area contributed by atoms with E-state index in [1.54, 1.807) is 0 Å². The first-order valence-corrected chi connectivity index (χ1v) is 12.0. The highest BCUT2D eigenvalue weighted by molar-refractivity contribution is 5.98. The molecule has 3 aromatic carbocycles. The average molecular weight is 514 g/mol. The van der Waals surface area contributed by atoms with Crippen LogP contribution in [0.25, 0.3) is 0 Å². The normalized spacial score (nSPS) is 14.7. The first-order chi connectivity index (χ1) is 17.0. The van der Waals surface area contributed by atoms with Crippen LogP contribution < -0.4 is 15.4 Å². The van der Waals surface area contributed by atoms with Gasteiger partial charge in [0.05, 0.1) is 5.56 Å². The van der Waals surface area contributed by atoms with Crippen LogP contribution in [0, 0.1) is 5.82 Å². The minimum atomic E-state index is -0.726. The van der Waals surface area contributed by atoms with E-state index in [1.165, 1.54) is 18.2 Å². The molecule has 0 spiro atoms. The molecule has 0 radical (unpaired) electrons. The van der Waals surface area contributed by atoms with E-state index in [-0.39, 0.29) is 36.8 Å². The summed E-state index contributed by atoms with van der Waals surface area (Å²) in [6.45, 7) is 3.85. The Kier molecular flexibility index (Phi) is 10.1. The van der Waals surface area contributed by atoms with Crippen molar-refractivity contribution in [2.45, 2.75) is 18.9 Å². The van der Waals surface area contributed by atoms with Crippen LogP contribution in [0.2, 0.25) is 0 Å². The summed E-state index contributed by atoms with van der Waals surface area (Å²) in [5.41, 5.74) is 8.92. The lowest BCUT2D eigenvalue weighted by atomic mass is 10.0. The Morgan fingerprint density at radius 3 is 2.39 bits per heavy atom. The SMILES string of the molecule is Cl.Nc1ccc(N2CCN(CC(O)COc3ccc(F)cc3C(=O)CCc3ccccc3)CC2)cc1. The number of β-amino-alcohol motifs (C(OH)–C–C–N with tert-alkyl or cyclic N) is 1. The highest BCUT2D eigenvalue weighted by atomic mass is 35.5. The molecule has 1 fully saturated rings. The maximum absolute atomic E-state index is 13.9. The van der Waals surface area contributed by atoms with E-state index in [0.717, 1.165) is 43.1 Å². The van der Waals surface area contributed by atoms with Crippen LogP contribution in [-0.2, 0) is 6.42 Å². The summed E-state index contributed by atoms with van der Waals surface area (Å²) in [7, 11) is 0. The molecule has 0 amide bonds. The summed E-state index contributed by atoms with van der Waals surface area (Å²) >= 11 is 0. The smallest absolute Gasteiger partial charge is 0.167 e. The van der Waals surface area contributed by atoms with Crippen LogP contribution in [0.4, 0.5) is 15.8 Å². The van der Waals surface area contributed by atoms with E-state index in [9.17, 15) is 14.3 Å². The van der Waals surface area contributed by atoms with Crippen LogP contribution in [0.1, 0.15) is 22.3 Å². The van der Waals surface area contributed by atoms with Gasteiger partial charge in [0.15, 0.2) is 5.78 Å². The Labute approximate surface area is 217 Å². The summed E-state index contributed by atoms with van der Waals surface area (Å²) < 4.78 is 19.7. The van der Waals surface area contributed by atoms with Gasteiger partial charge in [0.2, 0.25) is 0 Å². The predicted molar refractivity (Wildman–Crippen MR) is 144 cm³/mol. The zero-order chi connectivity index (χ0) is 24.6. The minimum absolute atomic E-state index is 0. The van der Waals surface area contributed by atoms with Gasteiger partial charge in [-0.05, 0) is 54.4 Å². The molecule has 0 saturated carbocycles. The molecule has 1 aliphatic rings. The quantitative estimate of drug-likeness (QED) is 0.312. The van der Waals surface area contributed by atoms with Crippen LogP contribution in [0.3, 0.4) is 0 Å². The largest absolute Gasteiger partial charge is 0.490 e. The molecule has 1 unspecified atom stereocenters. The van der Waals surface area contributed by atoms with Crippen molar-refractivity contribution >= 4 is 29.6 Å². The molecule has 0 aromatic heterocycles. The molecular formula is C28H33ClFN3O3. The van der Waals surface area contributed by atoms with E-state index < -0.39 is 11.9 Å². The number of ether oxygens (including phenoxy) is 1. The lowest BCUT2D eigenvalue weighted by Crippen LogP contribution is -2.49. The molecule has 4 rings (SSSR count). The second-order valence-corrected chi connectivity index (χ2v) is 8.89. The summed E-state index contributed by atoms with van der Waals surface area (Å²) in [4.78, 5) is 17.3. The van der Waals surface area contributed by atoms with Gasteiger partial charge in [0.1, 0.15) is 24.3 Å². The first kappa shape index (κ1) is 27.5. The standard InChI is InChI=1S/C28H32FN3O3.ClH/c29-22-7-13-28(26(18-22)27(34)12-6-21-4-2-1-3-5-21)35-20-25(33)19-31-14-16-32(17-15-31)24-10-8-23(30)9-11-24;/h1-5,7-11,13,18,25,33H,6,12,14-17,19-20,30H2;1H. The second kappa shape index (κ2) is 13.3. The molecule has 0 aliphatic carbocycles. The van der Waals surface area contributed by atoms with E-state index in [0.29, 0.717) is 18.7 Å². The number of carbonyl (C=O) groups excluding carboxylic acids is 1. The van der Waals surface area contributed by atoms with Crippen molar-refractivity contribution in [2.75, 3.05) is 50.0 Å². The van der Waals surface area contributed by atoms with E-state index in [2.05, 4.69) is 9.80 Å². The molecule has 8 heteroatoms. The topological polar surface area (TPSA) is 79.0 Å². The molecular weight excluding hydrogens is 481 g/mol. The van der Waals surface area contributed by atoms with Crippen LogP contribution in [0.5, 0.6) is 5.75 Å². The third kappa shape index (κ3) is 7.68. The summed E-state index contributed by atoms with van der Waals surface area (Å²) in [6.07, 6.45) is 0.0982. The molecule has 3 aromatic rings. The number of nitrogens with two attached hydrogens (primary N) is 1. The van der Waals surface area contributed by atoms with E-state index >= 15 is 0 Å². The molecule has 36 heavy (non-hydrogen) atoms. The van der Waals surface area contributed by atoms with Gasteiger partial charge in [-0.3, -0.25) is 9.69 Å². The molecule has 192 valence electrons. The van der Waals surface area contributed by atoms with Gasteiger partial charge < -0.3 is 20.5 Å². The fraction of sp³-hybridized carbons (Fsp3) is 0.321. The number of nitrogens with zero attached hydrogens (tertiary/aromatic N) is 2. The molecule has 1 aliphatic heterocycles. The highest BCUT2D eigenvalue weighted by Gasteiger charge is 2.21. The lowest BCUT2D eigenvalue weighted by Gasteiger charge is -2.36. The molecule has 1 heterocycles. The summed E-state index contributed by atoms with van der Waals surface area (Å²) in [5.74, 6) is -0.367. The Morgan fingerprint density at radius 1 is 1.00 bits per heavy atom. The fourth-order valence-corrected chi connectivity index (χ4v) is 4.29. The molecule has 1 atom stereocenters. The van der Waals surface area contributed by atoms with E-state index in [4.69, 9.17) is 10.5 Å². The van der Waals surface area contributed by atoms with Crippen molar-refractivity contribution in [1.29, 1.82) is 0 Å². The maximum Gasteiger partial charge on any atom is 0.167 e. The average Bonchev–Trinajstić information content (AvgIpc) is 2.88. The van der Waals surface area contributed by atoms with Crippen LogP contribution in [0.15, 0.2) is 72.8 Å². The Morgan fingerprint density at radius 2 is 1.69 bits per heavy atom. The Bertz CT molecular complexity index is 1110. The molecule has 3 N–H and O–H groups in total. The van der Waals surface area contributed by atoms with Gasteiger partial charge in [-0.2, -0.15) is 0 Å². The van der Waals surface area contributed by atoms with Crippen LogP contribution >= 0.6 is 12.4 Å². The zero-order valence-electron chi connectivity index (χ0n) is 20.2. The van der Waals surface area contributed by atoms with Crippen molar-refractivity contribution < 1.29 is 19.0 Å². The molecule has 0 bridgehead atoms. The predicted octanol–water partition coefficient (Wildman–Crippen LogP) is 4.21. The first-order valence-electron chi connectivity index (χ1n) is 12.0. The number of hydrogen-bond acceptors (Lipinski definition) is 6. The van der Waals surface area contributed by atoms with Crippen LogP contribution in [-0.4, -0.2) is 61.2 Å². The number of Topliss-reactive ketones (excluding diaryl/α,β-unsaturated/α-hetero) is 1. The van der Waals surface area contributed by atoms with Crippen molar-refractivity contribution in [1.82, 2.24) is 4.90 Å². The number of benzene rings is 3. The number of anilines is 2. The highest BCUT2D eigenvalue weighted by Crippen LogP contribution is 2.23. The third-order valence-corrected chi connectivity index (χ3v) is 6.26. The van der Waals surface area contributed by atoms with Gasteiger partial charge in [-0.25, -0.2) is 4.39 Å². The van der Waals surface area contributed by atoms with Gasteiger partial charge in [0, 0.05) is 50.5 Å². The number of aliphatic hydroxyl groups excluding tert-OH is 1. The van der Waals surface area contributed by atoms with E-state index in [1.807, 2.05) is 54.6 Å². The van der Waals surface area contributed by atoms with Crippen molar-refractivity contribution in [3.63, 3.8) is 0 Å². The fourth-order valence-electron chi connectivity index (χ4n) is 4.29. The Balaban J connectivity index is 0.00000361. The van der Waals surface area contributed by atoms with Crippen molar-refractivity contribution in [2.24, 2.45) is 0 Å². The number of hydrogen-bond donors (Lipinski definition) is 2. The lowest BCUT2D eigenvalue weighted by molar-refractivity contribution is 0.0655. The third-order valence-electron chi connectivity index (χ3n) is 6.26. The number of halogens is 2. The van der Waals surface area contributed by atoms with Crippen molar-refractivity contribution in [3.8, 4) is 5.75 Å². The number of nitrogen functional groups attached to an aromatic ring is 1. The maximum atomic E-state index is 13.9. The summed E-state index contributed by atoms with van der Waals surface area (Å²) in [6, 6.07) is 21.5. The summed E-state index contributed by atoms with van der Waals surface area (Å²) in [5, 5.41) is 10.6. The Hall–Kier alpha value is -3.13. The van der Waals surface area contributed by atoms with Gasteiger partial charge >= 0.3 is 0 Å². The minimum Gasteiger partial charge on any atom is -0.490 e. The number of aliphatic hydroxyl groups is 1. The number of carbonyl (C=O) groups is 1. The zero-order valence-corrected chi connectivity index (χ0v) is 21.0. The monoisotopic (exact) mass is 513 g/mol. The number of rotatable bonds is 10. The number of aryl methyl sites for hydroxylation is 1.